The number of carboxylic acids is 1. The van der Waals surface area contributed by atoms with Gasteiger partial charge in [-0.15, -0.1) is 11.3 Å². The van der Waals surface area contributed by atoms with E-state index < -0.39 is 5.97 Å². The first kappa shape index (κ1) is 12.8. The summed E-state index contributed by atoms with van der Waals surface area (Å²) in [6.07, 6.45) is 5.38. The molecule has 1 aliphatic carbocycles. The number of carboxylic acid groups (broad SMARTS) is 1. The molecule has 1 aliphatic rings. The van der Waals surface area contributed by atoms with Gasteiger partial charge in [-0.2, -0.15) is 0 Å². The van der Waals surface area contributed by atoms with Gasteiger partial charge < -0.3 is 10.4 Å². The van der Waals surface area contributed by atoms with Crippen molar-refractivity contribution in [3.63, 3.8) is 0 Å². The van der Waals surface area contributed by atoms with Gasteiger partial charge in [0.05, 0.1) is 6.42 Å². The molecule has 1 aromatic rings. The van der Waals surface area contributed by atoms with Gasteiger partial charge in [0.1, 0.15) is 4.60 Å². The van der Waals surface area contributed by atoms with Crippen molar-refractivity contribution in [3.8, 4) is 0 Å². The van der Waals surface area contributed by atoms with Gasteiger partial charge in [-0.3, -0.25) is 4.79 Å². The van der Waals surface area contributed by atoms with E-state index in [1.54, 1.807) is 0 Å². The van der Waals surface area contributed by atoms with Gasteiger partial charge >= 0.3 is 5.97 Å². The molecule has 1 fully saturated rings. The predicted octanol–water partition coefficient (Wildman–Crippen LogP) is 3.50. The zero-order valence-electron chi connectivity index (χ0n) is 9.41. The van der Waals surface area contributed by atoms with Gasteiger partial charge in [0.15, 0.2) is 5.13 Å². The highest BCUT2D eigenvalue weighted by Gasteiger charge is 2.34. The third-order valence-electron chi connectivity index (χ3n) is 3.15. The summed E-state index contributed by atoms with van der Waals surface area (Å²) < 4.78 is 0.797. The van der Waals surface area contributed by atoms with E-state index in [1.165, 1.54) is 17.8 Å². The van der Waals surface area contributed by atoms with Crippen LogP contribution in [0, 0.1) is 0 Å². The van der Waals surface area contributed by atoms with Gasteiger partial charge in [0.2, 0.25) is 0 Å². The van der Waals surface area contributed by atoms with Crippen molar-refractivity contribution in [2.24, 2.45) is 0 Å². The average molecular weight is 319 g/mol. The van der Waals surface area contributed by atoms with Crippen LogP contribution in [0.3, 0.4) is 0 Å². The highest BCUT2D eigenvalue weighted by molar-refractivity contribution is 9.10. The van der Waals surface area contributed by atoms with Crippen molar-refractivity contribution in [3.05, 3.63) is 9.98 Å². The Morgan fingerprint density at radius 2 is 2.24 bits per heavy atom. The van der Waals surface area contributed by atoms with Gasteiger partial charge in [-0.1, -0.05) is 19.3 Å². The molecule has 0 aliphatic heterocycles. The summed E-state index contributed by atoms with van der Waals surface area (Å²) in [7, 11) is 0. The number of halogens is 1. The Labute approximate surface area is 113 Å². The summed E-state index contributed by atoms with van der Waals surface area (Å²) in [6, 6.07) is 0. The van der Waals surface area contributed by atoms with Gasteiger partial charge in [0.25, 0.3) is 0 Å². The number of hydrogen-bond donors (Lipinski definition) is 2. The molecule has 1 saturated carbocycles. The smallest absolute Gasteiger partial charge is 0.305 e. The molecule has 0 unspecified atom stereocenters. The second kappa shape index (κ2) is 5.35. The molecule has 94 valence electrons. The van der Waals surface area contributed by atoms with Crippen molar-refractivity contribution in [1.82, 2.24) is 4.98 Å². The molecule has 17 heavy (non-hydrogen) atoms. The van der Waals surface area contributed by atoms with Crippen LogP contribution in [0.2, 0.25) is 0 Å². The molecule has 0 bridgehead atoms. The van der Waals surface area contributed by atoms with Gasteiger partial charge in [0, 0.05) is 10.9 Å². The molecular formula is C11H15BrN2O2S. The number of nitrogens with zero attached hydrogens (tertiary/aromatic N) is 1. The summed E-state index contributed by atoms with van der Waals surface area (Å²) >= 11 is 4.82. The fourth-order valence-corrected chi connectivity index (χ4v) is 3.67. The first-order chi connectivity index (χ1) is 8.10. The summed E-state index contributed by atoms with van der Waals surface area (Å²) in [4.78, 5) is 15.3. The fraction of sp³-hybridized carbons (Fsp3) is 0.636. The monoisotopic (exact) mass is 318 g/mol. The normalized spacial score (nSPS) is 18.9. The van der Waals surface area contributed by atoms with Gasteiger partial charge in [-0.05, 0) is 28.8 Å². The fourth-order valence-electron chi connectivity index (χ4n) is 2.40. The lowest BCUT2D eigenvalue weighted by Gasteiger charge is -2.36. The second-order valence-electron chi connectivity index (χ2n) is 4.51. The predicted molar refractivity (Wildman–Crippen MR) is 71.5 cm³/mol. The molecule has 2 N–H and O–H groups in total. The Kier molecular flexibility index (Phi) is 4.04. The highest BCUT2D eigenvalue weighted by atomic mass is 79.9. The Morgan fingerprint density at radius 1 is 1.53 bits per heavy atom. The molecule has 1 heterocycles. The van der Waals surface area contributed by atoms with E-state index in [2.05, 4.69) is 26.2 Å². The van der Waals surface area contributed by atoms with Crippen LogP contribution in [0.25, 0.3) is 0 Å². The number of hydrogen-bond acceptors (Lipinski definition) is 4. The molecule has 4 nitrogen and oxygen atoms in total. The standard InChI is InChI=1S/C11H15BrN2O2S/c12-8-7-17-10(13-8)14-11(6-9(15)16)4-2-1-3-5-11/h7H,1-6H2,(H,13,14)(H,15,16). The van der Waals surface area contributed by atoms with Crippen LogP contribution in [0.15, 0.2) is 9.98 Å². The lowest BCUT2D eigenvalue weighted by atomic mass is 9.79. The van der Waals surface area contributed by atoms with Crippen LogP contribution >= 0.6 is 27.3 Å². The van der Waals surface area contributed by atoms with E-state index in [0.29, 0.717) is 0 Å². The molecule has 0 aromatic carbocycles. The molecule has 0 amide bonds. The summed E-state index contributed by atoms with van der Waals surface area (Å²) in [5.74, 6) is -0.741. The van der Waals surface area contributed by atoms with Crippen molar-refractivity contribution in [2.45, 2.75) is 44.1 Å². The number of anilines is 1. The van der Waals surface area contributed by atoms with E-state index in [-0.39, 0.29) is 12.0 Å². The summed E-state index contributed by atoms with van der Waals surface area (Å²) in [5, 5.41) is 15.1. The highest BCUT2D eigenvalue weighted by Crippen LogP contribution is 2.35. The van der Waals surface area contributed by atoms with Gasteiger partial charge in [-0.25, -0.2) is 4.98 Å². The van der Waals surface area contributed by atoms with Crippen LogP contribution < -0.4 is 5.32 Å². The average Bonchev–Trinajstić information content (AvgIpc) is 2.63. The Bertz CT molecular complexity index is 402. The maximum Gasteiger partial charge on any atom is 0.305 e. The van der Waals surface area contributed by atoms with Crippen LogP contribution in [0.4, 0.5) is 5.13 Å². The van der Waals surface area contributed by atoms with Crippen LogP contribution in [-0.4, -0.2) is 21.6 Å². The molecule has 1 aromatic heterocycles. The first-order valence-corrected chi connectivity index (χ1v) is 7.38. The molecule has 6 heteroatoms. The maximum atomic E-state index is 11.0. The first-order valence-electron chi connectivity index (χ1n) is 5.71. The maximum absolute atomic E-state index is 11.0. The molecular weight excluding hydrogens is 304 g/mol. The summed E-state index contributed by atoms with van der Waals surface area (Å²) in [6.45, 7) is 0. The Hall–Kier alpha value is -0.620. The number of rotatable bonds is 4. The number of carbonyl (C=O) groups is 1. The van der Waals surface area contributed by atoms with Crippen LogP contribution in [0.1, 0.15) is 38.5 Å². The topological polar surface area (TPSA) is 62.2 Å². The minimum atomic E-state index is -0.741. The molecule has 2 rings (SSSR count). The van der Waals surface area contributed by atoms with Crippen LogP contribution in [0.5, 0.6) is 0 Å². The second-order valence-corrected chi connectivity index (χ2v) is 6.18. The lowest BCUT2D eigenvalue weighted by Crippen LogP contribution is -2.42. The zero-order valence-corrected chi connectivity index (χ0v) is 11.8. The van der Waals surface area contributed by atoms with Crippen molar-refractivity contribution >= 4 is 38.4 Å². The third kappa shape index (κ3) is 3.42. The molecule has 0 atom stereocenters. The van der Waals surface area contributed by atoms with E-state index in [0.717, 1.165) is 35.4 Å². The SMILES string of the molecule is O=C(O)CC1(Nc2nc(Br)cs2)CCCCC1. The van der Waals surface area contributed by atoms with E-state index in [1.807, 2.05) is 5.38 Å². The Balaban J connectivity index is 2.12. The number of aromatic nitrogens is 1. The largest absolute Gasteiger partial charge is 0.481 e. The number of aliphatic carboxylic acids is 1. The minimum absolute atomic E-state index is 0.171. The number of thiazole rings is 1. The lowest BCUT2D eigenvalue weighted by molar-refractivity contribution is -0.138. The molecule has 0 radical (unpaired) electrons. The van der Waals surface area contributed by atoms with E-state index in [4.69, 9.17) is 5.11 Å². The minimum Gasteiger partial charge on any atom is -0.481 e. The third-order valence-corrected chi connectivity index (χ3v) is 4.62. The van der Waals surface area contributed by atoms with Crippen LogP contribution in [-0.2, 0) is 4.79 Å². The van der Waals surface area contributed by atoms with E-state index >= 15 is 0 Å². The zero-order chi connectivity index (χ0) is 12.3. The van der Waals surface area contributed by atoms with Crippen molar-refractivity contribution in [2.75, 3.05) is 5.32 Å². The molecule has 0 spiro atoms. The quantitative estimate of drug-likeness (QED) is 0.892. The Morgan fingerprint density at radius 3 is 2.76 bits per heavy atom. The summed E-state index contributed by atoms with van der Waals surface area (Å²) in [5.41, 5.74) is -0.304. The van der Waals surface area contributed by atoms with E-state index in [9.17, 15) is 4.79 Å². The molecule has 0 saturated heterocycles. The van der Waals surface area contributed by atoms with Crippen molar-refractivity contribution in [1.29, 1.82) is 0 Å². The number of nitrogens with one attached hydrogen (secondary N) is 1. The van der Waals surface area contributed by atoms with Crippen molar-refractivity contribution < 1.29 is 9.90 Å².